The van der Waals surface area contributed by atoms with Crippen molar-refractivity contribution in [1.29, 1.82) is 0 Å². The minimum absolute atomic E-state index is 0.0412. The highest BCUT2D eigenvalue weighted by molar-refractivity contribution is 6.73. The molecule has 0 aliphatic carbocycles. The Balaban J connectivity index is 1.17. The van der Waals surface area contributed by atoms with Crippen molar-refractivity contribution in [3.05, 3.63) is 35.9 Å². The molecule has 28 atom stereocenters. The van der Waals surface area contributed by atoms with Crippen LogP contribution < -0.4 is 0 Å². The first kappa shape index (κ1) is 93.8. The smallest absolute Gasteiger partial charge is 0.303 e. The molecule has 0 spiro atoms. The third kappa shape index (κ3) is 24.8. The number of carbonyl (C=O) groups excluding carboxylic acids is 1. The van der Waals surface area contributed by atoms with E-state index in [4.69, 9.17) is 118 Å². The van der Waals surface area contributed by atoms with E-state index in [1.807, 2.05) is 71.9 Å². The van der Waals surface area contributed by atoms with Crippen LogP contribution in [0.1, 0.15) is 239 Å². The average Bonchev–Trinajstić information content (AvgIpc) is 1.41. The molecule has 0 bridgehead atoms. The van der Waals surface area contributed by atoms with Crippen LogP contribution in [0.5, 0.6) is 0 Å². The maximum atomic E-state index is 13.5. The summed E-state index contributed by atoms with van der Waals surface area (Å²) >= 11 is 0. The van der Waals surface area contributed by atoms with Gasteiger partial charge in [0, 0.05) is 65.3 Å². The van der Waals surface area contributed by atoms with Gasteiger partial charge in [-0.05, 0) is 111 Å². The molecule has 0 N–H and O–H groups in total. The second-order valence-electron chi connectivity index (χ2n) is 32.4. The van der Waals surface area contributed by atoms with Crippen LogP contribution in [0.15, 0.2) is 30.3 Å². The maximum absolute atomic E-state index is 13.5. The fraction of sp³-hybridized carbons (Fsp3) is 0.918. The van der Waals surface area contributed by atoms with Crippen molar-refractivity contribution in [1.82, 2.24) is 0 Å². The molecule has 8 aliphatic rings. The molecule has 112 heavy (non-hydrogen) atoms. The number of hydrogen-bond acceptors (Lipinski definition) is 26. The number of benzene rings is 1. The summed E-state index contributed by atoms with van der Waals surface area (Å²) in [5.41, 5.74) is -0.148. The van der Waals surface area contributed by atoms with Gasteiger partial charge in [-0.3, -0.25) is 4.79 Å². The van der Waals surface area contributed by atoms with Gasteiger partial charge in [0.1, 0.15) is 103 Å². The molecule has 26 nitrogen and oxygen atoms in total. The molecule has 0 radical (unpaired) electrons. The van der Waals surface area contributed by atoms with Crippen LogP contribution in [0.2, 0.25) is 18.1 Å². The lowest BCUT2D eigenvalue weighted by Crippen LogP contribution is -2.69. The molecule has 1 aromatic carbocycles. The minimum Gasteiger partial charge on any atom is -0.457 e. The summed E-state index contributed by atoms with van der Waals surface area (Å²) in [6.07, 6.45) is -9.98. The normalized spacial score (nSPS) is 37.5. The van der Waals surface area contributed by atoms with E-state index < -0.39 is 192 Å². The quantitative estimate of drug-likeness (QED) is 0.0334. The number of unbranched alkanes of at least 4 members (excludes halogenated alkanes) is 8. The van der Waals surface area contributed by atoms with Gasteiger partial charge < -0.3 is 118 Å². The summed E-state index contributed by atoms with van der Waals surface area (Å²) in [6.45, 7) is 40.6. The van der Waals surface area contributed by atoms with Gasteiger partial charge >= 0.3 is 5.97 Å². The number of fused-ring (bicyclic) bond motifs is 2. The van der Waals surface area contributed by atoms with Crippen LogP contribution >= 0.6 is 0 Å². The second kappa shape index (κ2) is 47.2. The summed E-state index contributed by atoms with van der Waals surface area (Å²) in [4.78, 5) is 13.5. The van der Waals surface area contributed by atoms with Crippen molar-refractivity contribution in [3.63, 3.8) is 0 Å². The fourth-order valence-electron chi connectivity index (χ4n) is 16.3. The molecule has 8 aliphatic heterocycles. The first-order chi connectivity index (χ1) is 54.2. The molecule has 648 valence electrons. The standard InChI is InChI=1S/C85H148O26Si/c1-19-30-43-87-51-62-67(91-47-34-23-5)69(92-48-35-24-6)76(111-112(27-9,28-10)29-11)82(101-62)106-71-66(102-79-73(93-49-36-25-7)68(61(52-95-79)89-45-32-21-3)104-83-77-85(54-96-83,53-88-44-31-20-2)110-78(107-77)60-41-39-38-40-42-60)58(15)99-80(74(71)94-50-37-26-8)103-65-57(14)97-56(13)64(100-59(16)86)70(65)105-81-75-72(108-84(17,18)109-75)63(55(12)98-81)90-46-33-22-4/h38-42,55-58,61-83H,19-37,43-54H2,1-18H3/t55?,56?,57-,58?,61-,62?,63+,64+,65+,66+,67-,68-,69?,70?,71-,72?,73?,74?,75+,76?,77?,78+,79+,80+,81+,82+,83+,85+/m1/s1. The first-order valence-electron chi connectivity index (χ1n) is 43.8. The van der Waals surface area contributed by atoms with Gasteiger partial charge in [-0.15, -0.1) is 0 Å². The number of esters is 1. The highest BCUT2D eigenvalue weighted by Crippen LogP contribution is 2.48. The van der Waals surface area contributed by atoms with Crippen LogP contribution in [0.25, 0.3) is 0 Å². The Morgan fingerprint density at radius 1 is 0.429 bits per heavy atom. The van der Waals surface area contributed by atoms with Crippen molar-refractivity contribution >= 4 is 14.3 Å². The maximum Gasteiger partial charge on any atom is 0.303 e. The number of ether oxygens (including phenoxy) is 24. The third-order valence-corrected chi connectivity index (χ3v) is 27.7. The predicted octanol–water partition coefficient (Wildman–Crippen LogP) is 14.1. The van der Waals surface area contributed by atoms with E-state index >= 15 is 0 Å². The van der Waals surface area contributed by atoms with Crippen molar-refractivity contribution in [2.45, 2.75) is 423 Å². The molecule has 0 amide bonds. The lowest BCUT2D eigenvalue weighted by atomic mass is 9.93. The van der Waals surface area contributed by atoms with Crippen LogP contribution in [-0.4, -0.2) is 265 Å². The molecule has 8 saturated heterocycles. The molecule has 0 saturated carbocycles. The molecule has 8 heterocycles. The van der Waals surface area contributed by atoms with Gasteiger partial charge in [0.2, 0.25) is 0 Å². The Kier molecular flexibility index (Phi) is 39.6. The van der Waals surface area contributed by atoms with E-state index in [2.05, 4.69) is 76.2 Å². The van der Waals surface area contributed by atoms with Crippen molar-refractivity contribution in [2.75, 3.05) is 79.3 Å². The Morgan fingerprint density at radius 3 is 1.49 bits per heavy atom. The Morgan fingerprint density at radius 2 is 0.893 bits per heavy atom. The topological polar surface area (TPSA) is 248 Å². The van der Waals surface area contributed by atoms with Gasteiger partial charge in [0.15, 0.2) is 57.9 Å². The molecule has 0 aromatic heterocycles. The molecule has 9 rings (SSSR count). The second-order valence-corrected chi connectivity index (χ2v) is 37.1. The highest BCUT2D eigenvalue weighted by atomic mass is 28.4. The Hall–Kier alpha value is -2.05. The van der Waals surface area contributed by atoms with E-state index in [9.17, 15) is 4.79 Å². The third-order valence-electron chi connectivity index (χ3n) is 23.1. The molecular weight excluding hydrogens is 1460 g/mol. The summed E-state index contributed by atoms with van der Waals surface area (Å²) in [5.74, 6) is -1.57. The van der Waals surface area contributed by atoms with Crippen LogP contribution in [-0.2, 0) is 123 Å². The number of carbonyl (C=O) groups is 1. The van der Waals surface area contributed by atoms with Gasteiger partial charge in [0.05, 0.1) is 50.8 Å². The zero-order valence-electron chi connectivity index (χ0n) is 71.5. The Labute approximate surface area is 672 Å². The zero-order chi connectivity index (χ0) is 80.4. The zero-order valence-corrected chi connectivity index (χ0v) is 72.5. The first-order valence-corrected chi connectivity index (χ1v) is 46.3. The molecule has 1 aromatic rings. The van der Waals surface area contributed by atoms with Crippen LogP contribution in [0, 0.1) is 0 Å². The summed E-state index contributed by atoms with van der Waals surface area (Å²) < 4.78 is 177. The van der Waals surface area contributed by atoms with E-state index in [0.29, 0.717) is 59.1 Å². The van der Waals surface area contributed by atoms with Crippen molar-refractivity contribution in [3.8, 4) is 0 Å². The molecular formula is C85H148O26Si. The largest absolute Gasteiger partial charge is 0.457 e. The highest BCUT2D eigenvalue weighted by Gasteiger charge is 2.64. The lowest BCUT2D eigenvalue weighted by molar-refractivity contribution is -0.400. The molecule has 27 heteroatoms. The monoisotopic (exact) mass is 1610 g/mol. The van der Waals surface area contributed by atoms with Gasteiger partial charge in [-0.25, -0.2) is 0 Å². The summed E-state index contributed by atoms with van der Waals surface area (Å²) in [7, 11) is -2.61. The van der Waals surface area contributed by atoms with Crippen LogP contribution in [0.4, 0.5) is 0 Å². The van der Waals surface area contributed by atoms with Gasteiger partial charge in [-0.1, -0.05) is 158 Å². The Bertz CT molecular complexity index is 2740. The van der Waals surface area contributed by atoms with Crippen molar-refractivity contribution in [2.24, 2.45) is 0 Å². The SMILES string of the molecule is CCCCOCC1O[C@@H](O[C@H]2C(OCCCC)[C@H](O[C@@H]3C(O[C@@H]4OC(C)[C@H](OCCCC)C5OC(C)(C)O[C@@H]54)[C@@H](OC(C)=O)C(C)O[C@@H]3C)OC(C)[C@@H]2O[C@@H]2OC[C@@H](OCCCC)[C@@H](O[C@@H]3OC[C@]4(COCCCC)O[C@@H](c5ccccc5)OC34)C2OCCCC)C(O[Si](CC)(CC)CC)C(OCCCC)[C@@H]1OCCCC. The summed E-state index contributed by atoms with van der Waals surface area (Å²) in [5, 5.41) is 0. The molecule has 11 unspecified atom stereocenters. The van der Waals surface area contributed by atoms with E-state index in [1.54, 1.807) is 0 Å². The number of rotatable bonds is 51. The fourth-order valence-corrected chi connectivity index (χ4v) is 19.1. The van der Waals surface area contributed by atoms with E-state index in [-0.39, 0.29) is 33.0 Å². The number of hydrogen-bond donors (Lipinski definition) is 0. The van der Waals surface area contributed by atoms with Gasteiger partial charge in [0.25, 0.3) is 0 Å². The van der Waals surface area contributed by atoms with Crippen molar-refractivity contribution < 1.29 is 123 Å². The molecule has 8 fully saturated rings. The van der Waals surface area contributed by atoms with E-state index in [1.165, 1.54) is 6.92 Å². The van der Waals surface area contributed by atoms with Crippen LogP contribution in [0.3, 0.4) is 0 Å². The van der Waals surface area contributed by atoms with Gasteiger partial charge in [-0.2, -0.15) is 0 Å². The lowest BCUT2D eigenvalue weighted by Gasteiger charge is -2.53. The predicted molar refractivity (Wildman–Crippen MR) is 420 cm³/mol. The van der Waals surface area contributed by atoms with E-state index in [0.717, 1.165) is 114 Å². The summed E-state index contributed by atoms with van der Waals surface area (Å²) in [6, 6.07) is 12.4. The minimum atomic E-state index is -2.61. The average molecular weight is 1610 g/mol.